The van der Waals surface area contributed by atoms with E-state index in [0.29, 0.717) is 26.4 Å². The standard InChI is InChI=1S/C14H23NO3/c1-16-6-3-7-17-8-9-18-12-14-5-2-4-13(10-14)11-15/h2,4-5,10H,3,6-9,11-12,15H2,1H3. The molecule has 0 aromatic heterocycles. The zero-order chi connectivity index (χ0) is 13.1. The molecule has 0 radical (unpaired) electrons. The summed E-state index contributed by atoms with van der Waals surface area (Å²) in [5, 5.41) is 0. The van der Waals surface area contributed by atoms with Crippen molar-refractivity contribution in [3.8, 4) is 0 Å². The van der Waals surface area contributed by atoms with E-state index in [1.807, 2.05) is 18.2 Å². The van der Waals surface area contributed by atoms with Crippen LogP contribution in [0.15, 0.2) is 24.3 Å². The maximum atomic E-state index is 5.58. The van der Waals surface area contributed by atoms with Gasteiger partial charge in [0.05, 0.1) is 19.8 Å². The van der Waals surface area contributed by atoms with E-state index < -0.39 is 0 Å². The Labute approximate surface area is 109 Å². The average molecular weight is 253 g/mol. The fourth-order valence-electron chi connectivity index (χ4n) is 1.56. The smallest absolute Gasteiger partial charge is 0.0718 e. The van der Waals surface area contributed by atoms with E-state index in [1.54, 1.807) is 7.11 Å². The summed E-state index contributed by atoms with van der Waals surface area (Å²) < 4.78 is 15.8. The molecule has 4 heteroatoms. The molecule has 0 saturated heterocycles. The molecule has 102 valence electrons. The Morgan fingerprint density at radius 3 is 2.56 bits per heavy atom. The molecule has 1 aromatic carbocycles. The monoisotopic (exact) mass is 253 g/mol. The molecule has 4 nitrogen and oxygen atoms in total. The second-order valence-electron chi connectivity index (χ2n) is 4.04. The van der Waals surface area contributed by atoms with Gasteiger partial charge in [-0.25, -0.2) is 0 Å². The molecule has 0 saturated carbocycles. The molecule has 0 spiro atoms. The molecule has 0 bridgehead atoms. The number of hydrogen-bond acceptors (Lipinski definition) is 4. The summed E-state index contributed by atoms with van der Waals surface area (Å²) in [4.78, 5) is 0. The predicted octanol–water partition coefficient (Wildman–Crippen LogP) is 1.71. The minimum atomic E-state index is 0.566. The van der Waals surface area contributed by atoms with Crippen molar-refractivity contribution in [1.29, 1.82) is 0 Å². The lowest BCUT2D eigenvalue weighted by molar-refractivity contribution is 0.0337. The van der Waals surface area contributed by atoms with Gasteiger partial charge in [-0.05, 0) is 17.5 Å². The maximum absolute atomic E-state index is 5.58. The number of ether oxygens (including phenoxy) is 3. The van der Waals surface area contributed by atoms with Gasteiger partial charge in [-0.15, -0.1) is 0 Å². The lowest BCUT2D eigenvalue weighted by Crippen LogP contribution is -2.07. The van der Waals surface area contributed by atoms with Gasteiger partial charge in [0.15, 0.2) is 0 Å². The van der Waals surface area contributed by atoms with Crippen LogP contribution in [0.3, 0.4) is 0 Å². The lowest BCUT2D eigenvalue weighted by Gasteiger charge is -2.07. The molecule has 0 heterocycles. The molecule has 1 aromatic rings. The molecule has 0 amide bonds. The van der Waals surface area contributed by atoms with Gasteiger partial charge < -0.3 is 19.9 Å². The Bertz CT molecular complexity index is 318. The van der Waals surface area contributed by atoms with Crippen molar-refractivity contribution in [1.82, 2.24) is 0 Å². The van der Waals surface area contributed by atoms with Crippen molar-refractivity contribution in [3.05, 3.63) is 35.4 Å². The first-order chi connectivity index (χ1) is 8.86. The molecule has 0 atom stereocenters. The molecule has 0 fully saturated rings. The second kappa shape index (κ2) is 10.0. The van der Waals surface area contributed by atoms with Crippen LogP contribution in [-0.2, 0) is 27.4 Å². The third kappa shape index (κ3) is 6.71. The van der Waals surface area contributed by atoms with Crippen LogP contribution in [0.5, 0.6) is 0 Å². The summed E-state index contributed by atoms with van der Waals surface area (Å²) >= 11 is 0. The van der Waals surface area contributed by atoms with Crippen molar-refractivity contribution in [2.45, 2.75) is 19.6 Å². The van der Waals surface area contributed by atoms with Gasteiger partial charge in [-0.2, -0.15) is 0 Å². The van der Waals surface area contributed by atoms with Crippen LogP contribution in [0.25, 0.3) is 0 Å². The first-order valence-corrected chi connectivity index (χ1v) is 6.29. The van der Waals surface area contributed by atoms with Crippen molar-refractivity contribution >= 4 is 0 Å². The zero-order valence-corrected chi connectivity index (χ0v) is 11.1. The van der Waals surface area contributed by atoms with Crippen LogP contribution in [0, 0.1) is 0 Å². The number of rotatable bonds is 10. The third-order valence-corrected chi connectivity index (χ3v) is 2.50. The Morgan fingerprint density at radius 2 is 1.78 bits per heavy atom. The quantitative estimate of drug-likeness (QED) is 0.645. The van der Waals surface area contributed by atoms with Crippen molar-refractivity contribution < 1.29 is 14.2 Å². The van der Waals surface area contributed by atoms with E-state index >= 15 is 0 Å². The van der Waals surface area contributed by atoms with Crippen molar-refractivity contribution in [2.24, 2.45) is 5.73 Å². The Balaban J connectivity index is 2.03. The maximum Gasteiger partial charge on any atom is 0.0718 e. The molecule has 0 aliphatic heterocycles. The van der Waals surface area contributed by atoms with Crippen LogP contribution in [0.4, 0.5) is 0 Å². The molecule has 0 unspecified atom stereocenters. The van der Waals surface area contributed by atoms with Gasteiger partial charge in [0.1, 0.15) is 0 Å². The summed E-state index contributed by atoms with van der Waals surface area (Å²) in [6.07, 6.45) is 0.926. The minimum absolute atomic E-state index is 0.566. The van der Waals surface area contributed by atoms with E-state index in [9.17, 15) is 0 Å². The van der Waals surface area contributed by atoms with Crippen molar-refractivity contribution in [3.63, 3.8) is 0 Å². The van der Waals surface area contributed by atoms with E-state index in [4.69, 9.17) is 19.9 Å². The van der Waals surface area contributed by atoms with Crippen LogP contribution < -0.4 is 5.73 Å². The fourth-order valence-corrected chi connectivity index (χ4v) is 1.56. The van der Waals surface area contributed by atoms with Crippen LogP contribution >= 0.6 is 0 Å². The largest absolute Gasteiger partial charge is 0.385 e. The summed E-state index contributed by atoms with van der Waals surface area (Å²) in [5.41, 5.74) is 7.86. The third-order valence-electron chi connectivity index (χ3n) is 2.50. The first kappa shape index (κ1) is 15.1. The van der Waals surface area contributed by atoms with E-state index in [-0.39, 0.29) is 0 Å². The molecule has 2 N–H and O–H groups in total. The summed E-state index contributed by atoms with van der Waals surface area (Å²) in [6, 6.07) is 8.13. The van der Waals surface area contributed by atoms with Crippen LogP contribution in [0.2, 0.25) is 0 Å². The Kier molecular flexibility index (Phi) is 8.42. The Morgan fingerprint density at radius 1 is 1.00 bits per heavy atom. The predicted molar refractivity (Wildman–Crippen MR) is 71.3 cm³/mol. The van der Waals surface area contributed by atoms with Gasteiger partial charge >= 0.3 is 0 Å². The molecular weight excluding hydrogens is 230 g/mol. The minimum Gasteiger partial charge on any atom is -0.385 e. The van der Waals surface area contributed by atoms with E-state index in [2.05, 4.69) is 6.07 Å². The highest BCUT2D eigenvalue weighted by molar-refractivity contribution is 5.22. The van der Waals surface area contributed by atoms with E-state index in [1.165, 1.54) is 0 Å². The molecule has 0 aliphatic rings. The van der Waals surface area contributed by atoms with Gasteiger partial charge in [0.2, 0.25) is 0 Å². The van der Waals surface area contributed by atoms with Gasteiger partial charge in [-0.3, -0.25) is 0 Å². The second-order valence-corrected chi connectivity index (χ2v) is 4.04. The fraction of sp³-hybridized carbons (Fsp3) is 0.571. The highest BCUT2D eigenvalue weighted by Crippen LogP contribution is 2.05. The average Bonchev–Trinajstić information content (AvgIpc) is 2.42. The highest BCUT2D eigenvalue weighted by atomic mass is 16.5. The van der Waals surface area contributed by atoms with Gasteiger partial charge in [-0.1, -0.05) is 24.3 Å². The highest BCUT2D eigenvalue weighted by Gasteiger charge is 1.95. The molecule has 18 heavy (non-hydrogen) atoms. The number of benzene rings is 1. The molecule has 1 rings (SSSR count). The molecular formula is C14H23NO3. The van der Waals surface area contributed by atoms with Crippen LogP contribution in [-0.4, -0.2) is 33.5 Å². The number of nitrogens with two attached hydrogens (primary N) is 1. The Hall–Kier alpha value is -0.940. The number of hydrogen-bond donors (Lipinski definition) is 1. The summed E-state index contributed by atoms with van der Waals surface area (Å²) in [6.45, 7) is 3.87. The SMILES string of the molecule is COCCCOCCOCc1cccc(CN)c1. The summed E-state index contributed by atoms with van der Waals surface area (Å²) in [7, 11) is 1.69. The zero-order valence-electron chi connectivity index (χ0n) is 11.1. The van der Waals surface area contributed by atoms with E-state index in [0.717, 1.165) is 30.8 Å². The van der Waals surface area contributed by atoms with Gasteiger partial charge in [0.25, 0.3) is 0 Å². The summed E-state index contributed by atoms with van der Waals surface area (Å²) in [5.74, 6) is 0. The van der Waals surface area contributed by atoms with Gasteiger partial charge in [0, 0.05) is 26.9 Å². The topological polar surface area (TPSA) is 53.7 Å². The number of methoxy groups -OCH3 is 1. The van der Waals surface area contributed by atoms with Crippen molar-refractivity contribution in [2.75, 3.05) is 33.5 Å². The lowest BCUT2D eigenvalue weighted by atomic mass is 10.1. The first-order valence-electron chi connectivity index (χ1n) is 6.29. The van der Waals surface area contributed by atoms with Crippen LogP contribution in [0.1, 0.15) is 17.5 Å². The molecule has 0 aliphatic carbocycles. The normalized spacial score (nSPS) is 10.8.